The Balaban J connectivity index is 1.15. The van der Waals surface area contributed by atoms with E-state index in [-0.39, 0.29) is 0 Å². The molecule has 49 heavy (non-hydrogen) atoms. The summed E-state index contributed by atoms with van der Waals surface area (Å²) < 4.78 is 5.29. The van der Waals surface area contributed by atoms with Crippen molar-refractivity contribution in [2.24, 2.45) is 0 Å². The van der Waals surface area contributed by atoms with E-state index in [4.69, 9.17) is 0 Å². The maximum absolute atomic E-state index is 2.43. The molecule has 10 aromatic rings. The van der Waals surface area contributed by atoms with Crippen molar-refractivity contribution >= 4 is 90.9 Å². The second-order valence-electron chi connectivity index (χ2n) is 12.5. The van der Waals surface area contributed by atoms with Crippen LogP contribution in [0.3, 0.4) is 0 Å². The fourth-order valence-electron chi connectivity index (χ4n) is 7.35. The van der Waals surface area contributed by atoms with Crippen LogP contribution in [0.15, 0.2) is 176 Å². The number of thiophene rings is 2. The summed E-state index contributed by atoms with van der Waals surface area (Å²) in [6.45, 7) is 0. The van der Waals surface area contributed by atoms with E-state index in [2.05, 4.69) is 181 Å². The number of anilines is 3. The molecule has 0 radical (unpaired) electrons. The van der Waals surface area contributed by atoms with E-state index in [1.807, 2.05) is 22.7 Å². The molecule has 0 fully saturated rings. The van der Waals surface area contributed by atoms with Gasteiger partial charge in [0.05, 0.1) is 10.4 Å². The number of hydrogen-bond donors (Lipinski definition) is 0. The largest absolute Gasteiger partial charge is 0.309 e. The normalized spacial score (nSPS) is 11.7. The first-order chi connectivity index (χ1) is 24.3. The summed E-state index contributed by atoms with van der Waals surface area (Å²) in [7, 11) is 0. The van der Waals surface area contributed by atoms with Crippen LogP contribution in [0.5, 0.6) is 0 Å². The molecule has 230 valence electrons. The molecule has 0 unspecified atom stereocenters. The molecule has 8 aromatic carbocycles. The highest BCUT2D eigenvalue weighted by atomic mass is 32.1. The summed E-state index contributed by atoms with van der Waals surface area (Å²) in [5, 5.41) is 7.86. The van der Waals surface area contributed by atoms with Gasteiger partial charge in [0.2, 0.25) is 0 Å². The van der Waals surface area contributed by atoms with Gasteiger partial charge in [-0.25, -0.2) is 0 Å². The van der Waals surface area contributed by atoms with Gasteiger partial charge in [-0.15, -0.1) is 22.7 Å². The summed E-state index contributed by atoms with van der Waals surface area (Å²) in [5.74, 6) is 0. The Morgan fingerprint density at radius 1 is 0.347 bits per heavy atom. The van der Waals surface area contributed by atoms with Gasteiger partial charge in [0.15, 0.2) is 0 Å². The van der Waals surface area contributed by atoms with E-state index < -0.39 is 0 Å². The first-order valence-electron chi connectivity index (χ1n) is 16.6. The lowest BCUT2D eigenvalue weighted by Gasteiger charge is -2.26. The minimum atomic E-state index is 1.13. The van der Waals surface area contributed by atoms with Gasteiger partial charge in [0.25, 0.3) is 0 Å². The van der Waals surface area contributed by atoms with Gasteiger partial charge in [-0.3, -0.25) is 0 Å². The van der Waals surface area contributed by atoms with Gasteiger partial charge >= 0.3 is 0 Å². The molecule has 0 aliphatic carbocycles. The lowest BCUT2D eigenvalue weighted by Crippen LogP contribution is -2.10. The Kier molecular flexibility index (Phi) is 6.61. The van der Waals surface area contributed by atoms with Gasteiger partial charge in [0.1, 0.15) is 0 Å². The predicted octanol–water partition coefficient (Wildman–Crippen LogP) is 14.4. The number of nitrogens with zero attached hydrogens (tertiary/aromatic N) is 1. The fourth-order valence-corrected chi connectivity index (χ4v) is 9.83. The molecule has 2 aromatic heterocycles. The molecule has 0 atom stereocenters. The highest BCUT2D eigenvalue weighted by Gasteiger charge is 2.19. The zero-order valence-electron chi connectivity index (χ0n) is 26.5. The lowest BCUT2D eigenvalue weighted by molar-refractivity contribution is 1.30. The van der Waals surface area contributed by atoms with Crippen molar-refractivity contribution in [3.8, 4) is 22.3 Å². The summed E-state index contributed by atoms with van der Waals surface area (Å²) in [6.07, 6.45) is 0. The molecule has 3 heteroatoms. The standard InChI is InChI=1S/C46H29NS2/c1-2-10-30(11-3-1)31-20-25-34(26-21-31)47(41-17-8-16-38-39-29-24-32-12-4-5-13-37(32)45(39)49-46(38)41)35-27-22-33(23-28-35)36-15-9-19-43-44(36)40-14-6-7-18-42(40)48-43/h1-29H. The Bertz CT molecular complexity index is 2810. The first-order valence-corrected chi connectivity index (χ1v) is 18.2. The summed E-state index contributed by atoms with van der Waals surface area (Å²) in [5.41, 5.74) is 8.39. The smallest absolute Gasteiger partial charge is 0.0640 e. The van der Waals surface area contributed by atoms with E-state index >= 15 is 0 Å². The number of hydrogen-bond acceptors (Lipinski definition) is 3. The molecule has 2 heterocycles. The summed E-state index contributed by atoms with van der Waals surface area (Å²) >= 11 is 3.77. The van der Waals surface area contributed by atoms with Crippen molar-refractivity contribution in [2.45, 2.75) is 0 Å². The van der Waals surface area contributed by atoms with Gasteiger partial charge in [-0.05, 0) is 75.5 Å². The van der Waals surface area contributed by atoms with Crippen molar-refractivity contribution in [1.29, 1.82) is 0 Å². The van der Waals surface area contributed by atoms with Crippen LogP contribution in [0.1, 0.15) is 0 Å². The van der Waals surface area contributed by atoms with E-state index in [1.165, 1.54) is 79.1 Å². The zero-order valence-corrected chi connectivity index (χ0v) is 28.1. The van der Waals surface area contributed by atoms with Crippen molar-refractivity contribution in [2.75, 3.05) is 4.90 Å². The predicted molar refractivity (Wildman–Crippen MR) is 215 cm³/mol. The second-order valence-corrected chi connectivity index (χ2v) is 14.6. The summed E-state index contributed by atoms with van der Waals surface area (Å²) in [4.78, 5) is 2.43. The third-order valence-corrected chi connectivity index (χ3v) is 12.1. The van der Waals surface area contributed by atoms with Crippen molar-refractivity contribution in [3.05, 3.63) is 176 Å². The molecule has 0 bridgehead atoms. The van der Waals surface area contributed by atoms with Gasteiger partial charge in [-0.2, -0.15) is 0 Å². The monoisotopic (exact) mass is 659 g/mol. The topological polar surface area (TPSA) is 3.24 Å². The van der Waals surface area contributed by atoms with Crippen LogP contribution in [0.4, 0.5) is 17.1 Å². The minimum absolute atomic E-state index is 1.13. The molecular weight excluding hydrogens is 631 g/mol. The Morgan fingerprint density at radius 2 is 0.959 bits per heavy atom. The van der Waals surface area contributed by atoms with Crippen LogP contribution in [-0.2, 0) is 0 Å². The molecule has 10 rings (SSSR count). The van der Waals surface area contributed by atoms with E-state index in [9.17, 15) is 0 Å². The average Bonchev–Trinajstić information content (AvgIpc) is 3.75. The fraction of sp³-hybridized carbons (Fsp3) is 0. The molecule has 1 nitrogen and oxygen atoms in total. The van der Waals surface area contributed by atoms with Gasteiger partial charge < -0.3 is 4.90 Å². The number of fused-ring (bicyclic) bond motifs is 8. The molecule has 0 amide bonds. The maximum Gasteiger partial charge on any atom is 0.0640 e. The van der Waals surface area contributed by atoms with E-state index in [0.717, 1.165) is 11.4 Å². The molecule has 0 saturated carbocycles. The number of benzene rings is 8. The quantitative estimate of drug-likeness (QED) is 0.178. The van der Waals surface area contributed by atoms with Crippen LogP contribution < -0.4 is 4.90 Å². The van der Waals surface area contributed by atoms with Crippen LogP contribution in [0.25, 0.3) is 73.4 Å². The van der Waals surface area contributed by atoms with Crippen molar-refractivity contribution < 1.29 is 0 Å². The maximum atomic E-state index is 2.43. The minimum Gasteiger partial charge on any atom is -0.309 e. The van der Waals surface area contributed by atoms with Crippen LogP contribution in [0.2, 0.25) is 0 Å². The van der Waals surface area contributed by atoms with Crippen LogP contribution in [0, 0.1) is 0 Å². The van der Waals surface area contributed by atoms with Crippen molar-refractivity contribution in [1.82, 2.24) is 0 Å². The number of rotatable bonds is 5. The molecule has 0 N–H and O–H groups in total. The zero-order chi connectivity index (χ0) is 32.3. The highest BCUT2D eigenvalue weighted by Crippen LogP contribution is 2.47. The van der Waals surface area contributed by atoms with E-state index in [0.29, 0.717) is 0 Å². The molecule has 0 aliphatic heterocycles. The molecule has 0 aliphatic rings. The van der Waals surface area contributed by atoms with Crippen LogP contribution in [-0.4, -0.2) is 0 Å². The highest BCUT2D eigenvalue weighted by molar-refractivity contribution is 7.27. The average molecular weight is 660 g/mol. The Hall–Kier alpha value is -5.74. The van der Waals surface area contributed by atoms with Crippen LogP contribution >= 0.6 is 22.7 Å². The molecular formula is C46H29NS2. The molecule has 0 spiro atoms. The van der Waals surface area contributed by atoms with Gasteiger partial charge in [0, 0.05) is 47.0 Å². The van der Waals surface area contributed by atoms with E-state index in [1.54, 1.807) is 0 Å². The Morgan fingerprint density at radius 3 is 1.78 bits per heavy atom. The van der Waals surface area contributed by atoms with Crippen molar-refractivity contribution in [3.63, 3.8) is 0 Å². The first kappa shape index (κ1) is 28.3. The summed E-state index contributed by atoms with van der Waals surface area (Å²) in [6, 6.07) is 64.3. The molecule has 0 saturated heterocycles. The Labute approximate surface area is 292 Å². The second kappa shape index (κ2) is 11.5. The third kappa shape index (κ3) is 4.66. The third-order valence-electron chi connectivity index (χ3n) is 9.68. The SMILES string of the molecule is c1ccc(-c2ccc(N(c3ccc(-c4cccc5sc6ccccc6c45)cc3)c3cccc4c3sc3c5ccccc5ccc43)cc2)cc1. The lowest BCUT2D eigenvalue weighted by atomic mass is 9.99. The van der Waals surface area contributed by atoms with Gasteiger partial charge in [-0.1, -0.05) is 133 Å².